The molecule has 0 aromatic heterocycles. The summed E-state index contributed by atoms with van der Waals surface area (Å²) in [6.07, 6.45) is 2.02. The second-order valence-corrected chi connectivity index (χ2v) is 8.32. The Morgan fingerprint density at radius 2 is 1.73 bits per heavy atom. The van der Waals surface area contributed by atoms with Crippen molar-refractivity contribution in [1.82, 2.24) is 13.9 Å². The number of carbonyl (C=O) groups is 1. The first kappa shape index (κ1) is 16.1. The predicted octanol–water partition coefficient (Wildman–Crippen LogP) is -0.908. The zero-order valence-electron chi connectivity index (χ0n) is 12.5. The summed E-state index contributed by atoms with van der Waals surface area (Å²) in [7, 11) is -3.41. The van der Waals surface area contributed by atoms with Crippen molar-refractivity contribution in [3.8, 4) is 0 Å². The fourth-order valence-corrected chi connectivity index (χ4v) is 5.19. The van der Waals surface area contributed by atoms with Gasteiger partial charge in [0, 0.05) is 32.7 Å². The van der Waals surface area contributed by atoms with Crippen LogP contribution in [0.25, 0.3) is 0 Å². The number of nitrogens with one attached hydrogen (secondary N) is 1. The molecule has 3 aliphatic rings. The van der Waals surface area contributed by atoms with Gasteiger partial charge in [0.2, 0.25) is 0 Å². The van der Waals surface area contributed by atoms with Crippen LogP contribution in [0.1, 0.15) is 19.3 Å². The third kappa shape index (κ3) is 3.00. The number of hydrogen-bond acceptors (Lipinski definition) is 5. The predicted molar refractivity (Wildman–Crippen MR) is 78.6 cm³/mol. The summed E-state index contributed by atoms with van der Waals surface area (Å²) in [5.74, 6) is -0.819. The Hall–Kier alpha value is -0.740. The van der Waals surface area contributed by atoms with Crippen LogP contribution in [0.15, 0.2) is 0 Å². The van der Waals surface area contributed by atoms with Crippen molar-refractivity contribution >= 4 is 16.2 Å². The molecular weight excluding hydrogens is 310 g/mol. The number of nitrogens with zero attached hydrogens (tertiary/aromatic N) is 2. The molecule has 3 rings (SSSR count). The molecule has 1 unspecified atom stereocenters. The molecule has 0 aromatic rings. The summed E-state index contributed by atoms with van der Waals surface area (Å²) in [4.78, 5) is 11.1. The van der Waals surface area contributed by atoms with Gasteiger partial charge in [0.1, 0.15) is 6.04 Å². The normalized spacial score (nSPS) is 30.6. The molecule has 0 radical (unpaired) electrons. The van der Waals surface area contributed by atoms with E-state index in [1.165, 1.54) is 8.61 Å². The van der Waals surface area contributed by atoms with Crippen LogP contribution in [-0.2, 0) is 19.7 Å². The lowest BCUT2D eigenvalue weighted by Gasteiger charge is -2.40. The highest BCUT2D eigenvalue weighted by atomic mass is 32.2. The number of piperidine rings is 1. The van der Waals surface area contributed by atoms with E-state index in [4.69, 9.17) is 9.84 Å². The maximum Gasteiger partial charge on any atom is 0.320 e. The van der Waals surface area contributed by atoms with E-state index in [0.717, 1.165) is 0 Å². The largest absolute Gasteiger partial charge is 0.480 e. The summed E-state index contributed by atoms with van der Waals surface area (Å²) in [5.41, 5.74) is -0.0694. The molecule has 0 bridgehead atoms. The van der Waals surface area contributed by atoms with E-state index < -0.39 is 22.2 Å². The molecule has 8 nitrogen and oxygen atoms in total. The highest BCUT2D eigenvalue weighted by Gasteiger charge is 2.45. The Morgan fingerprint density at radius 1 is 1.14 bits per heavy atom. The number of carboxylic acids is 1. The van der Waals surface area contributed by atoms with Gasteiger partial charge in [-0.2, -0.15) is 17.0 Å². The van der Waals surface area contributed by atoms with Gasteiger partial charge in [0.15, 0.2) is 0 Å². The number of ether oxygens (including phenoxy) is 1. The average molecular weight is 333 g/mol. The van der Waals surface area contributed by atoms with Crippen LogP contribution in [0, 0.1) is 5.41 Å². The zero-order valence-corrected chi connectivity index (χ0v) is 13.3. The van der Waals surface area contributed by atoms with Crippen LogP contribution in [-0.4, -0.2) is 80.1 Å². The van der Waals surface area contributed by atoms with E-state index in [2.05, 4.69) is 5.32 Å². The first-order chi connectivity index (χ1) is 10.4. The lowest BCUT2D eigenvalue weighted by Crippen LogP contribution is -2.52. The average Bonchev–Trinajstić information content (AvgIpc) is 2.93. The van der Waals surface area contributed by atoms with Gasteiger partial charge in [-0.05, 0) is 24.7 Å². The van der Waals surface area contributed by atoms with E-state index in [9.17, 15) is 13.2 Å². The monoisotopic (exact) mass is 333 g/mol. The minimum absolute atomic E-state index is 0.0694. The second kappa shape index (κ2) is 6.04. The fraction of sp³-hybridized carbons (Fsp3) is 0.923. The summed E-state index contributed by atoms with van der Waals surface area (Å²) in [6, 6.07) is -0.498. The molecular formula is C13H23N3O5S. The van der Waals surface area contributed by atoms with Crippen LogP contribution >= 0.6 is 0 Å². The van der Waals surface area contributed by atoms with Gasteiger partial charge in [0.05, 0.1) is 13.2 Å². The first-order valence-electron chi connectivity index (χ1n) is 7.72. The highest BCUT2D eigenvalue weighted by Crippen LogP contribution is 2.40. The van der Waals surface area contributed by atoms with Gasteiger partial charge in [-0.15, -0.1) is 0 Å². The van der Waals surface area contributed by atoms with Gasteiger partial charge >= 0.3 is 5.97 Å². The van der Waals surface area contributed by atoms with Crippen LogP contribution < -0.4 is 5.32 Å². The van der Waals surface area contributed by atoms with Crippen LogP contribution in [0.4, 0.5) is 0 Å². The number of carboxylic acid groups (broad SMARTS) is 1. The minimum atomic E-state index is -3.41. The molecule has 3 aliphatic heterocycles. The van der Waals surface area contributed by atoms with Crippen molar-refractivity contribution in [3.05, 3.63) is 0 Å². The molecule has 1 atom stereocenters. The van der Waals surface area contributed by atoms with Gasteiger partial charge in [0.25, 0.3) is 10.2 Å². The Balaban J connectivity index is 1.61. The number of aliphatic carboxylic acids is 1. The Morgan fingerprint density at radius 3 is 2.27 bits per heavy atom. The van der Waals surface area contributed by atoms with Crippen molar-refractivity contribution in [2.45, 2.75) is 25.3 Å². The van der Waals surface area contributed by atoms with Crippen LogP contribution in [0.5, 0.6) is 0 Å². The number of morpholine rings is 1. The van der Waals surface area contributed by atoms with Crippen LogP contribution in [0.2, 0.25) is 0 Å². The molecule has 2 N–H and O–H groups in total. The smallest absolute Gasteiger partial charge is 0.320 e. The van der Waals surface area contributed by atoms with Gasteiger partial charge in [-0.3, -0.25) is 4.79 Å². The lowest BCUT2D eigenvalue weighted by molar-refractivity contribution is -0.139. The molecule has 3 saturated heterocycles. The summed E-state index contributed by atoms with van der Waals surface area (Å²) >= 11 is 0. The molecule has 3 fully saturated rings. The van der Waals surface area contributed by atoms with E-state index >= 15 is 0 Å². The first-order valence-corrected chi connectivity index (χ1v) is 9.12. The van der Waals surface area contributed by atoms with E-state index in [1.807, 2.05) is 0 Å². The molecule has 0 aromatic carbocycles. The Labute approximate surface area is 130 Å². The van der Waals surface area contributed by atoms with Gasteiger partial charge in [-0.25, -0.2) is 0 Å². The maximum atomic E-state index is 12.6. The Kier molecular flexibility index (Phi) is 4.43. The third-order valence-corrected chi connectivity index (χ3v) is 7.10. The van der Waals surface area contributed by atoms with Crippen molar-refractivity contribution in [1.29, 1.82) is 0 Å². The van der Waals surface area contributed by atoms with Gasteiger partial charge < -0.3 is 15.2 Å². The zero-order chi connectivity index (χ0) is 15.8. The standard InChI is InChI=1S/C13H23N3O5S/c17-12(18)11-9-13(10-14-11)1-3-15(4-2-13)22(19,20)16-5-7-21-8-6-16/h11,14H,1-10H2,(H,17,18). The molecule has 126 valence electrons. The summed E-state index contributed by atoms with van der Waals surface area (Å²) < 4.78 is 33.4. The van der Waals surface area contributed by atoms with Crippen molar-refractivity contribution in [3.63, 3.8) is 0 Å². The van der Waals surface area contributed by atoms with Crippen molar-refractivity contribution in [2.24, 2.45) is 5.41 Å². The molecule has 3 heterocycles. The maximum absolute atomic E-state index is 12.6. The topological polar surface area (TPSA) is 99.2 Å². The Bertz CT molecular complexity index is 524. The van der Waals surface area contributed by atoms with Crippen molar-refractivity contribution in [2.75, 3.05) is 45.9 Å². The third-order valence-electron chi connectivity index (χ3n) is 5.06. The molecule has 22 heavy (non-hydrogen) atoms. The summed E-state index contributed by atoms with van der Waals surface area (Å²) in [6.45, 7) is 3.30. The van der Waals surface area contributed by atoms with Crippen molar-refractivity contribution < 1.29 is 23.1 Å². The number of hydrogen-bond donors (Lipinski definition) is 2. The molecule has 0 amide bonds. The molecule has 9 heteroatoms. The SMILES string of the molecule is O=C(O)C1CC2(CCN(S(=O)(=O)N3CCOCC3)CC2)CN1. The summed E-state index contributed by atoms with van der Waals surface area (Å²) in [5, 5.41) is 12.1. The van der Waals surface area contributed by atoms with Gasteiger partial charge in [-0.1, -0.05) is 0 Å². The van der Waals surface area contributed by atoms with E-state index in [0.29, 0.717) is 65.2 Å². The fourth-order valence-electron chi connectivity index (χ4n) is 3.60. The quantitative estimate of drug-likeness (QED) is 0.694. The highest BCUT2D eigenvalue weighted by molar-refractivity contribution is 7.86. The molecule has 0 aliphatic carbocycles. The van der Waals surface area contributed by atoms with Crippen LogP contribution in [0.3, 0.4) is 0 Å². The molecule has 1 spiro atoms. The molecule has 0 saturated carbocycles. The van der Waals surface area contributed by atoms with E-state index in [1.54, 1.807) is 0 Å². The van der Waals surface area contributed by atoms with E-state index in [-0.39, 0.29) is 5.41 Å². The minimum Gasteiger partial charge on any atom is -0.480 e. The lowest BCUT2D eigenvalue weighted by atomic mass is 9.77. The second-order valence-electron chi connectivity index (χ2n) is 6.39. The number of rotatable bonds is 3.